The van der Waals surface area contributed by atoms with Gasteiger partial charge in [0.05, 0.1) is 23.3 Å². The molecule has 6 rings (SSSR count). The van der Waals surface area contributed by atoms with Crippen LogP contribution in [0.25, 0.3) is 11.1 Å². The number of aliphatic carboxylic acids is 1. The number of likely N-dealkylation sites (tertiary alicyclic amines) is 2. The van der Waals surface area contributed by atoms with Crippen molar-refractivity contribution in [1.82, 2.24) is 14.8 Å². The molecule has 278 valence electrons. The second kappa shape index (κ2) is 17.9. The summed E-state index contributed by atoms with van der Waals surface area (Å²) in [6, 6.07) is 19.2. The lowest BCUT2D eigenvalue weighted by atomic mass is 9.93. The Morgan fingerprint density at radius 2 is 1.81 bits per heavy atom. The molecule has 53 heavy (non-hydrogen) atoms. The van der Waals surface area contributed by atoms with Gasteiger partial charge in [-0.2, -0.15) is 5.26 Å². The highest BCUT2D eigenvalue weighted by Crippen LogP contribution is 2.37. The number of pyridine rings is 1. The molecular weight excluding hydrogens is 692 g/mol. The molecule has 2 saturated heterocycles. The van der Waals surface area contributed by atoms with Gasteiger partial charge in [0.1, 0.15) is 42.6 Å². The molecule has 3 heterocycles. The third-order valence-corrected chi connectivity index (χ3v) is 10.5. The van der Waals surface area contributed by atoms with E-state index in [-0.39, 0.29) is 19.3 Å². The Balaban J connectivity index is 1.16. The monoisotopic (exact) mass is 738 g/mol. The van der Waals surface area contributed by atoms with Crippen molar-refractivity contribution in [3.63, 3.8) is 0 Å². The van der Waals surface area contributed by atoms with E-state index < -0.39 is 12.0 Å². The number of nitriles is 1. The van der Waals surface area contributed by atoms with Crippen molar-refractivity contribution in [2.75, 3.05) is 32.8 Å². The number of carbonyl (C=O) groups is 1. The largest absolute Gasteiger partial charge is 0.494 e. The van der Waals surface area contributed by atoms with Crippen LogP contribution in [0.1, 0.15) is 65.5 Å². The van der Waals surface area contributed by atoms with Gasteiger partial charge in [0.15, 0.2) is 0 Å². The first-order chi connectivity index (χ1) is 25.7. The zero-order chi connectivity index (χ0) is 37.3. The minimum absolute atomic E-state index is 0.160. The summed E-state index contributed by atoms with van der Waals surface area (Å²) in [5.74, 6) is 0.986. The van der Waals surface area contributed by atoms with Gasteiger partial charge in [-0.3, -0.25) is 14.7 Å². The van der Waals surface area contributed by atoms with Crippen LogP contribution in [-0.4, -0.2) is 75.9 Å². The van der Waals surface area contributed by atoms with Crippen LogP contribution in [0.5, 0.6) is 17.2 Å². The molecule has 10 nitrogen and oxygen atoms in total. The number of benzene rings is 3. The lowest BCUT2D eigenvalue weighted by molar-refractivity contribution is -0.144. The first-order valence-electron chi connectivity index (χ1n) is 18.3. The van der Waals surface area contributed by atoms with E-state index in [1.165, 1.54) is 6.20 Å². The van der Waals surface area contributed by atoms with Crippen LogP contribution >= 0.6 is 11.6 Å². The number of β-amino-alcohol motifs (C(OH)–C–C–N with tert-alkyl or cyclic N) is 1. The first kappa shape index (κ1) is 38.1. The van der Waals surface area contributed by atoms with Gasteiger partial charge in [-0.25, -0.2) is 0 Å². The Bertz CT molecular complexity index is 1950. The number of hydrogen-bond acceptors (Lipinski definition) is 9. The molecule has 0 aliphatic carbocycles. The summed E-state index contributed by atoms with van der Waals surface area (Å²) >= 11 is 6.84. The van der Waals surface area contributed by atoms with E-state index >= 15 is 0 Å². The van der Waals surface area contributed by atoms with Gasteiger partial charge in [-0.15, -0.1) is 0 Å². The molecule has 0 radical (unpaired) electrons. The highest BCUT2D eigenvalue weighted by Gasteiger charge is 2.29. The number of ether oxygens (including phenoxy) is 3. The number of rotatable bonds is 15. The van der Waals surface area contributed by atoms with E-state index in [1.54, 1.807) is 24.4 Å². The van der Waals surface area contributed by atoms with Crippen LogP contribution in [0.3, 0.4) is 0 Å². The van der Waals surface area contributed by atoms with Crippen molar-refractivity contribution in [2.24, 2.45) is 0 Å². The Kier molecular flexibility index (Phi) is 12.9. The quantitative estimate of drug-likeness (QED) is 0.120. The molecule has 2 N–H and O–H groups in total. The molecule has 0 saturated carbocycles. The fraction of sp³-hybridized carbons (Fsp3) is 0.405. The Hall–Kier alpha value is -4.66. The van der Waals surface area contributed by atoms with E-state index in [0.29, 0.717) is 48.2 Å². The summed E-state index contributed by atoms with van der Waals surface area (Å²) < 4.78 is 18.7. The fourth-order valence-electron chi connectivity index (χ4n) is 7.22. The van der Waals surface area contributed by atoms with Crippen molar-refractivity contribution in [3.05, 3.63) is 105 Å². The number of halogens is 1. The van der Waals surface area contributed by atoms with Gasteiger partial charge in [0.2, 0.25) is 0 Å². The standard InChI is InChI=1S/C42H47ClN4O6/c1-28-17-35(51-16-6-13-46-15-12-34(48)25-46)10-11-36(28)37-8-5-7-32(29(37)2)27-53-41-20-40(52-26-31-18-30(21-44)22-45-23-31)33(19-38(41)43)24-47-14-4-3-9-39(47)42(49)50/h5,7-8,10-11,17-20,22-23,34,39,48H,3-4,6,9,12-16,24-27H2,1-2H3,(H,49,50)/t34-,39+/m1/s1. The highest BCUT2D eigenvalue weighted by atomic mass is 35.5. The minimum atomic E-state index is -0.833. The number of aliphatic hydroxyl groups excluding tert-OH is 1. The van der Waals surface area contributed by atoms with Gasteiger partial charge in [0, 0.05) is 55.8 Å². The van der Waals surface area contributed by atoms with Crippen molar-refractivity contribution < 1.29 is 29.2 Å². The Labute approximate surface area is 316 Å². The maximum absolute atomic E-state index is 12.1. The lowest BCUT2D eigenvalue weighted by Gasteiger charge is -2.33. The molecule has 0 unspecified atom stereocenters. The molecule has 4 aromatic rings. The highest BCUT2D eigenvalue weighted by molar-refractivity contribution is 6.32. The third-order valence-electron chi connectivity index (χ3n) is 10.2. The Morgan fingerprint density at radius 1 is 0.962 bits per heavy atom. The number of aromatic nitrogens is 1. The summed E-state index contributed by atoms with van der Waals surface area (Å²) in [4.78, 5) is 20.4. The number of carboxylic acids is 1. The van der Waals surface area contributed by atoms with Crippen LogP contribution in [0.2, 0.25) is 5.02 Å². The fourth-order valence-corrected chi connectivity index (χ4v) is 7.46. The number of aliphatic hydroxyl groups is 1. The van der Waals surface area contributed by atoms with E-state index in [1.807, 2.05) is 23.1 Å². The van der Waals surface area contributed by atoms with Crippen molar-refractivity contribution in [1.29, 1.82) is 5.26 Å². The molecule has 2 aliphatic rings. The maximum atomic E-state index is 12.1. The topological polar surface area (TPSA) is 128 Å². The van der Waals surface area contributed by atoms with E-state index in [9.17, 15) is 20.3 Å². The van der Waals surface area contributed by atoms with Crippen molar-refractivity contribution in [3.8, 4) is 34.4 Å². The molecule has 0 amide bonds. The number of hydrogen-bond donors (Lipinski definition) is 2. The van der Waals surface area contributed by atoms with E-state index in [2.05, 4.69) is 48.0 Å². The molecule has 0 bridgehead atoms. The summed E-state index contributed by atoms with van der Waals surface area (Å²) in [6.07, 6.45) is 7.10. The number of aryl methyl sites for hydroxylation is 1. The molecule has 11 heteroatoms. The average molecular weight is 739 g/mol. The first-order valence-corrected chi connectivity index (χ1v) is 18.7. The zero-order valence-corrected chi connectivity index (χ0v) is 31.1. The number of nitrogens with zero attached hydrogens (tertiary/aromatic N) is 4. The molecule has 0 spiro atoms. The summed E-state index contributed by atoms with van der Waals surface area (Å²) in [7, 11) is 0. The van der Waals surface area contributed by atoms with E-state index in [0.717, 1.165) is 90.0 Å². The van der Waals surface area contributed by atoms with Gasteiger partial charge in [0.25, 0.3) is 0 Å². The molecule has 1 aromatic heterocycles. The van der Waals surface area contributed by atoms with Gasteiger partial charge in [-0.1, -0.05) is 42.3 Å². The number of carboxylic acid groups (broad SMARTS) is 1. The second-order valence-electron chi connectivity index (χ2n) is 14.0. The van der Waals surface area contributed by atoms with Gasteiger partial charge < -0.3 is 29.3 Å². The van der Waals surface area contributed by atoms with Crippen LogP contribution < -0.4 is 14.2 Å². The molecule has 3 aromatic carbocycles. The maximum Gasteiger partial charge on any atom is 0.320 e. The van der Waals surface area contributed by atoms with Crippen LogP contribution in [-0.2, 0) is 24.6 Å². The van der Waals surface area contributed by atoms with E-state index in [4.69, 9.17) is 25.8 Å². The predicted molar refractivity (Wildman–Crippen MR) is 203 cm³/mol. The smallest absolute Gasteiger partial charge is 0.320 e. The molecular formula is C42H47ClN4O6. The summed E-state index contributed by atoms with van der Waals surface area (Å²) in [5, 5.41) is 29.4. The summed E-state index contributed by atoms with van der Waals surface area (Å²) in [6.45, 7) is 8.88. The summed E-state index contributed by atoms with van der Waals surface area (Å²) in [5.41, 5.74) is 7.37. The SMILES string of the molecule is Cc1cc(OCCCN2CC[C@@H](O)C2)ccc1-c1cccc(COc2cc(OCc3cncc(C#N)c3)c(CN3CCCC[C@H]3C(=O)O)cc2Cl)c1C. The van der Waals surface area contributed by atoms with Crippen LogP contribution in [0, 0.1) is 25.2 Å². The van der Waals surface area contributed by atoms with Crippen LogP contribution in [0.4, 0.5) is 0 Å². The second-order valence-corrected chi connectivity index (χ2v) is 14.4. The normalized spacial score (nSPS) is 17.7. The minimum Gasteiger partial charge on any atom is -0.494 e. The third kappa shape index (κ3) is 9.86. The van der Waals surface area contributed by atoms with Crippen LogP contribution in [0.15, 0.2) is 67.0 Å². The molecule has 2 atom stereocenters. The molecule has 2 fully saturated rings. The average Bonchev–Trinajstić information content (AvgIpc) is 3.58. The predicted octanol–water partition coefficient (Wildman–Crippen LogP) is 7.32. The van der Waals surface area contributed by atoms with Crippen molar-refractivity contribution >= 4 is 17.6 Å². The zero-order valence-electron chi connectivity index (χ0n) is 30.4. The number of piperidine rings is 1. The van der Waals surface area contributed by atoms with Gasteiger partial charge in [-0.05, 0) is 98.2 Å². The lowest BCUT2D eigenvalue weighted by Crippen LogP contribution is -2.44. The van der Waals surface area contributed by atoms with Crippen molar-refractivity contribution in [2.45, 2.75) is 77.9 Å². The van der Waals surface area contributed by atoms with Gasteiger partial charge >= 0.3 is 5.97 Å². The molecule has 2 aliphatic heterocycles. The Morgan fingerprint density at radius 3 is 2.58 bits per heavy atom.